The molecule has 39 heavy (non-hydrogen) atoms. The number of aromatic nitrogens is 2. The zero-order chi connectivity index (χ0) is 27.4. The lowest BCUT2D eigenvalue weighted by molar-refractivity contribution is -0.0363. The van der Waals surface area contributed by atoms with Crippen LogP contribution in [0.1, 0.15) is 26.3 Å². The summed E-state index contributed by atoms with van der Waals surface area (Å²) < 4.78 is 11.3. The highest BCUT2D eigenvalue weighted by Gasteiger charge is 2.31. The SMILES string of the molecule is C=N/C=C(\NC1COCCN1C(=O)OC(C)(C)C)c1ccc(-c2ccc3cc(-c4cnc[nH]4)ccc3c2)cc1. The molecule has 200 valence electrons. The largest absolute Gasteiger partial charge is 0.444 e. The van der Waals surface area contributed by atoms with Gasteiger partial charge in [-0.15, -0.1) is 0 Å². The molecular weight excluding hydrogens is 490 g/mol. The summed E-state index contributed by atoms with van der Waals surface area (Å²) in [5, 5.41) is 5.74. The molecule has 2 N–H and O–H groups in total. The maximum Gasteiger partial charge on any atom is 0.412 e. The summed E-state index contributed by atoms with van der Waals surface area (Å²) in [6.07, 6.45) is 4.40. The van der Waals surface area contributed by atoms with Gasteiger partial charge in [0.05, 0.1) is 37.1 Å². The number of carbonyl (C=O) groups excluding carboxylic acids is 1. The Kier molecular flexibility index (Phi) is 7.47. The second-order valence-corrected chi connectivity index (χ2v) is 10.5. The third-order valence-electron chi connectivity index (χ3n) is 6.48. The van der Waals surface area contributed by atoms with E-state index in [0.29, 0.717) is 19.8 Å². The van der Waals surface area contributed by atoms with E-state index in [0.717, 1.165) is 44.4 Å². The van der Waals surface area contributed by atoms with E-state index in [9.17, 15) is 4.79 Å². The van der Waals surface area contributed by atoms with Crippen molar-refractivity contribution in [1.82, 2.24) is 20.2 Å². The van der Waals surface area contributed by atoms with Gasteiger partial charge in [0.15, 0.2) is 0 Å². The molecule has 0 aliphatic carbocycles. The number of benzene rings is 3. The predicted molar refractivity (Wildman–Crippen MR) is 155 cm³/mol. The van der Waals surface area contributed by atoms with Gasteiger partial charge in [0, 0.05) is 18.3 Å². The number of fused-ring (bicyclic) bond motifs is 1. The van der Waals surface area contributed by atoms with Crippen molar-refractivity contribution in [3.05, 3.63) is 85.0 Å². The first-order valence-corrected chi connectivity index (χ1v) is 12.9. The highest BCUT2D eigenvalue weighted by Crippen LogP contribution is 2.29. The maximum absolute atomic E-state index is 12.8. The summed E-state index contributed by atoms with van der Waals surface area (Å²) in [5.41, 5.74) is 5.41. The lowest BCUT2D eigenvalue weighted by Gasteiger charge is -2.37. The lowest BCUT2D eigenvalue weighted by Crippen LogP contribution is -2.56. The third kappa shape index (κ3) is 6.18. The van der Waals surface area contributed by atoms with Crippen molar-refractivity contribution in [2.24, 2.45) is 4.99 Å². The summed E-state index contributed by atoms with van der Waals surface area (Å²) in [6.45, 7) is 10.4. The zero-order valence-electron chi connectivity index (χ0n) is 22.5. The van der Waals surface area contributed by atoms with Crippen molar-refractivity contribution < 1.29 is 14.3 Å². The van der Waals surface area contributed by atoms with E-state index in [1.807, 2.05) is 39.1 Å². The molecule has 3 aromatic carbocycles. The predicted octanol–water partition coefficient (Wildman–Crippen LogP) is 6.08. The Morgan fingerprint density at radius 1 is 1.10 bits per heavy atom. The number of amides is 1. The molecule has 0 spiro atoms. The van der Waals surface area contributed by atoms with E-state index >= 15 is 0 Å². The minimum atomic E-state index is -0.581. The van der Waals surface area contributed by atoms with Crippen LogP contribution in [0.4, 0.5) is 4.79 Å². The molecular formula is C31H33N5O3. The van der Waals surface area contributed by atoms with E-state index in [4.69, 9.17) is 9.47 Å². The third-order valence-corrected chi connectivity index (χ3v) is 6.48. The molecule has 1 amide bonds. The van der Waals surface area contributed by atoms with Gasteiger partial charge in [-0.05, 0) is 67.1 Å². The average molecular weight is 524 g/mol. The number of carbonyl (C=O) groups is 1. The van der Waals surface area contributed by atoms with Crippen LogP contribution in [0.2, 0.25) is 0 Å². The van der Waals surface area contributed by atoms with Gasteiger partial charge in [-0.3, -0.25) is 9.89 Å². The van der Waals surface area contributed by atoms with Gasteiger partial charge < -0.3 is 19.8 Å². The Labute approximate surface area is 228 Å². The van der Waals surface area contributed by atoms with Gasteiger partial charge in [0.25, 0.3) is 0 Å². The fourth-order valence-electron chi connectivity index (χ4n) is 4.58. The topological polar surface area (TPSA) is 91.8 Å². The van der Waals surface area contributed by atoms with E-state index in [1.54, 1.807) is 17.4 Å². The van der Waals surface area contributed by atoms with Crippen LogP contribution in [-0.2, 0) is 9.47 Å². The summed E-state index contributed by atoms with van der Waals surface area (Å²) in [5.74, 6) is 0. The number of nitrogens with zero attached hydrogens (tertiary/aromatic N) is 3. The van der Waals surface area contributed by atoms with Crippen LogP contribution in [0.25, 0.3) is 38.9 Å². The Morgan fingerprint density at radius 3 is 2.46 bits per heavy atom. The molecule has 1 saturated heterocycles. The van der Waals surface area contributed by atoms with Crippen LogP contribution in [-0.4, -0.2) is 59.2 Å². The number of aliphatic imine (C=N–C) groups is 1. The number of nitrogens with one attached hydrogen (secondary N) is 2. The van der Waals surface area contributed by atoms with Crippen molar-refractivity contribution in [2.75, 3.05) is 19.8 Å². The molecule has 1 fully saturated rings. The normalized spacial score (nSPS) is 16.2. The van der Waals surface area contributed by atoms with Crippen LogP contribution < -0.4 is 5.32 Å². The Hall–Kier alpha value is -4.43. The number of ether oxygens (including phenoxy) is 2. The Morgan fingerprint density at radius 2 is 1.79 bits per heavy atom. The first-order valence-electron chi connectivity index (χ1n) is 12.9. The van der Waals surface area contributed by atoms with E-state index < -0.39 is 11.8 Å². The molecule has 5 rings (SSSR count). The van der Waals surface area contributed by atoms with Crippen LogP contribution in [0, 0.1) is 0 Å². The molecule has 1 aliphatic heterocycles. The summed E-state index contributed by atoms with van der Waals surface area (Å²) in [6, 6.07) is 21.1. The molecule has 8 nitrogen and oxygen atoms in total. The van der Waals surface area contributed by atoms with Crippen LogP contribution in [0.15, 0.2) is 84.4 Å². The molecule has 2 heterocycles. The molecule has 8 heteroatoms. The standard InChI is InChI=1S/C31H33N5O3/c1-31(2,3)39-30(37)36-13-14-38-19-29(36)35-28(17-32-4)22-7-5-21(6-8-22)23-9-10-25-16-26(12-11-24(25)15-23)27-18-33-20-34-27/h5-12,15-18,20,29,35H,4,13-14,19H2,1-3H3,(H,33,34)/b28-17-. The molecule has 0 saturated carbocycles. The summed E-state index contributed by atoms with van der Waals surface area (Å²) in [7, 11) is 0. The van der Waals surface area contributed by atoms with E-state index in [2.05, 4.69) is 75.5 Å². The number of morpholine rings is 1. The average Bonchev–Trinajstić information content (AvgIpc) is 3.47. The quantitative estimate of drug-likeness (QED) is 0.299. The van der Waals surface area contributed by atoms with Crippen molar-refractivity contribution >= 4 is 29.3 Å². The number of H-pyrrole nitrogens is 1. The Balaban J connectivity index is 1.34. The van der Waals surface area contributed by atoms with Crippen molar-refractivity contribution in [2.45, 2.75) is 32.5 Å². The lowest BCUT2D eigenvalue weighted by atomic mass is 9.98. The molecule has 0 bridgehead atoms. The fraction of sp³-hybridized carbons (Fsp3) is 0.258. The highest BCUT2D eigenvalue weighted by atomic mass is 16.6. The summed E-state index contributed by atoms with van der Waals surface area (Å²) >= 11 is 0. The monoisotopic (exact) mass is 523 g/mol. The fourth-order valence-corrected chi connectivity index (χ4v) is 4.58. The smallest absolute Gasteiger partial charge is 0.412 e. The van der Waals surface area contributed by atoms with Crippen molar-refractivity contribution in [1.29, 1.82) is 0 Å². The summed E-state index contributed by atoms with van der Waals surface area (Å²) in [4.78, 5) is 25.7. The maximum atomic E-state index is 12.8. The Bertz CT molecular complexity index is 1490. The molecule has 1 atom stereocenters. The van der Waals surface area contributed by atoms with Crippen LogP contribution in [0.3, 0.4) is 0 Å². The number of hydrogen-bond acceptors (Lipinski definition) is 6. The molecule has 1 aromatic heterocycles. The minimum Gasteiger partial charge on any atom is -0.444 e. The van der Waals surface area contributed by atoms with Crippen LogP contribution in [0.5, 0.6) is 0 Å². The van der Waals surface area contributed by atoms with Crippen LogP contribution >= 0.6 is 0 Å². The van der Waals surface area contributed by atoms with Gasteiger partial charge in [0.1, 0.15) is 11.8 Å². The van der Waals surface area contributed by atoms with Gasteiger partial charge in [-0.2, -0.15) is 0 Å². The molecule has 1 unspecified atom stereocenters. The second kappa shape index (κ2) is 11.1. The van der Waals surface area contributed by atoms with Gasteiger partial charge in [-0.1, -0.05) is 48.5 Å². The number of aromatic amines is 1. The minimum absolute atomic E-state index is 0.338. The number of hydrogen-bond donors (Lipinski definition) is 2. The van der Waals surface area contributed by atoms with E-state index in [1.165, 1.54) is 0 Å². The number of imidazole rings is 1. The molecule has 1 aliphatic rings. The van der Waals surface area contributed by atoms with Gasteiger partial charge in [0.2, 0.25) is 0 Å². The van der Waals surface area contributed by atoms with Crippen molar-refractivity contribution in [3.8, 4) is 22.4 Å². The first-order chi connectivity index (χ1) is 18.8. The van der Waals surface area contributed by atoms with E-state index in [-0.39, 0.29) is 6.09 Å². The zero-order valence-corrected chi connectivity index (χ0v) is 22.5. The highest BCUT2D eigenvalue weighted by molar-refractivity contribution is 5.90. The number of rotatable bonds is 6. The molecule has 0 radical (unpaired) electrons. The van der Waals surface area contributed by atoms with Crippen molar-refractivity contribution in [3.63, 3.8) is 0 Å². The first kappa shape index (κ1) is 26.2. The van der Waals surface area contributed by atoms with Gasteiger partial charge in [-0.25, -0.2) is 9.78 Å². The second-order valence-electron chi connectivity index (χ2n) is 10.5. The van der Waals surface area contributed by atoms with Gasteiger partial charge >= 0.3 is 6.09 Å². The molecule has 4 aromatic rings.